The Morgan fingerprint density at radius 1 is 1.07 bits per heavy atom. The number of carbonyl (C=O) groups excluding carboxylic acids is 1. The van der Waals surface area contributed by atoms with Gasteiger partial charge in [0.05, 0.1) is 38.7 Å². The van der Waals surface area contributed by atoms with E-state index in [-0.39, 0.29) is 5.75 Å². The molecule has 4 aromatic rings. The summed E-state index contributed by atoms with van der Waals surface area (Å²) < 4.78 is 38.8. The van der Waals surface area contributed by atoms with Crippen LogP contribution in [0.2, 0.25) is 0 Å². The summed E-state index contributed by atoms with van der Waals surface area (Å²) in [5.74, 6) is 0.943. The van der Waals surface area contributed by atoms with Gasteiger partial charge in [0.15, 0.2) is 23.1 Å². The molecular weight excluding hydrogens is 621 g/mol. The van der Waals surface area contributed by atoms with Crippen molar-refractivity contribution >= 4 is 44.8 Å². The fraction of sp³-hybridized carbons (Fsp3) is 0.258. The zero-order valence-corrected chi connectivity index (χ0v) is 25.1. The largest absolute Gasteiger partial charge is 0.493 e. The quantitative estimate of drug-likeness (QED) is 0.113. The van der Waals surface area contributed by atoms with Gasteiger partial charge in [0.25, 0.3) is 0 Å². The minimum atomic E-state index is -0.597. The Morgan fingerprint density at radius 2 is 1.88 bits per heavy atom. The summed E-state index contributed by atoms with van der Waals surface area (Å²) in [7, 11) is 1.57. The van der Waals surface area contributed by atoms with Crippen molar-refractivity contribution in [3.05, 3.63) is 82.7 Å². The number of hydrogen-bond donors (Lipinski definition) is 2. The van der Waals surface area contributed by atoms with E-state index in [0.717, 1.165) is 43.7 Å². The van der Waals surface area contributed by atoms with E-state index in [1.807, 2.05) is 0 Å². The minimum Gasteiger partial charge on any atom is -0.493 e. The predicted octanol–water partition coefficient (Wildman–Crippen LogP) is 6.19. The highest BCUT2D eigenvalue weighted by atomic mass is 79.9. The topological polar surface area (TPSA) is 107 Å². The molecule has 0 spiro atoms. The van der Waals surface area contributed by atoms with E-state index in [9.17, 15) is 9.18 Å². The number of urea groups is 1. The Labute approximate surface area is 256 Å². The summed E-state index contributed by atoms with van der Waals surface area (Å²) in [6.07, 6.45) is 3.80. The van der Waals surface area contributed by atoms with Crippen LogP contribution in [0.25, 0.3) is 10.9 Å². The summed E-state index contributed by atoms with van der Waals surface area (Å²) in [5, 5.41) is 7.18. The fourth-order valence-corrected chi connectivity index (χ4v) is 4.71. The number of nitrogens with one attached hydrogen (secondary N) is 2. The number of hydrogen-bond acceptors (Lipinski definition) is 8. The second-order valence-electron chi connectivity index (χ2n) is 9.61. The first-order chi connectivity index (χ1) is 21.0. The second kappa shape index (κ2) is 14.8. The number of morpholine rings is 1. The Morgan fingerprint density at radius 3 is 2.65 bits per heavy atom. The van der Waals surface area contributed by atoms with Gasteiger partial charge in [0, 0.05) is 47.4 Å². The van der Waals surface area contributed by atoms with Gasteiger partial charge in [-0.25, -0.2) is 14.6 Å². The molecule has 0 saturated carbocycles. The molecule has 0 unspecified atom stereocenters. The number of benzene rings is 3. The van der Waals surface area contributed by atoms with Crippen molar-refractivity contribution in [1.82, 2.24) is 15.3 Å². The van der Waals surface area contributed by atoms with Gasteiger partial charge in [0.2, 0.25) is 0 Å². The maximum Gasteiger partial charge on any atom is 0.339 e. The molecule has 1 aliphatic heterocycles. The third-order valence-corrected chi connectivity index (χ3v) is 7.15. The Hall–Kier alpha value is -4.26. The van der Waals surface area contributed by atoms with Crippen molar-refractivity contribution in [2.45, 2.75) is 6.42 Å². The SMILES string of the molecule is COc1cc2c(Oc3ccc(/C=N/NC(=O)Nc4ccc(Br)cc4)cc3F)ccnc2cc1OCCCN1CCOCC1. The molecular formula is C31H31BrFN5O5. The summed E-state index contributed by atoms with van der Waals surface area (Å²) in [4.78, 5) is 18.8. The molecule has 5 rings (SSSR count). The minimum absolute atomic E-state index is 0.0213. The molecule has 3 aromatic carbocycles. The van der Waals surface area contributed by atoms with Crippen molar-refractivity contribution in [2.24, 2.45) is 5.10 Å². The molecule has 0 atom stereocenters. The third kappa shape index (κ3) is 8.40. The number of fused-ring (bicyclic) bond motifs is 1. The van der Waals surface area contributed by atoms with Crippen LogP contribution in [0.4, 0.5) is 14.9 Å². The van der Waals surface area contributed by atoms with Gasteiger partial charge >= 0.3 is 6.03 Å². The van der Waals surface area contributed by atoms with Crippen LogP contribution in [0.15, 0.2) is 76.4 Å². The number of hydrazone groups is 1. The van der Waals surface area contributed by atoms with Gasteiger partial charge in [-0.3, -0.25) is 9.88 Å². The number of pyridine rings is 1. The van der Waals surface area contributed by atoms with E-state index >= 15 is 0 Å². The number of nitrogens with zero attached hydrogens (tertiary/aromatic N) is 3. The van der Waals surface area contributed by atoms with Crippen molar-refractivity contribution in [1.29, 1.82) is 0 Å². The van der Waals surface area contributed by atoms with Crippen LogP contribution in [0.3, 0.4) is 0 Å². The van der Waals surface area contributed by atoms with Crippen LogP contribution >= 0.6 is 15.9 Å². The Bertz CT molecular complexity index is 1580. The molecule has 43 heavy (non-hydrogen) atoms. The van der Waals surface area contributed by atoms with E-state index in [2.05, 4.69) is 41.7 Å². The van der Waals surface area contributed by atoms with Crippen LogP contribution in [0.1, 0.15) is 12.0 Å². The number of anilines is 1. The third-order valence-electron chi connectivity index (χ3n) is 6.62. The number of ether oxygens (including phenoxy) is 4. The van der Waals surface area contributed by atoms with E-state index in [4.69, 9.17) is 18.9 Å². The lowest BCUT2D eigenvalue weighted by Crippen LogP contribution is -2.37. The molecule has 2 N–H and O–H groups in total. The van der Waals surface area contributed by atoms with Gasteiger partial charge in [-0.05, 0) is 66.6 Å². The normalized spacial score (nSPS) is 13.7. The molecule has 1 fully saturated rings. The Kier molecular flexibility index (Phi) is 10.4. The average molecular weight is 653 g/mol. The number of aromatic nitrogens is 1. The van der Waals surface area contributed by atoms with Crippen molar-refractivity contribution in [2.75, 3.05) is 51.9 Å². The number of halogens is 2. The molecule has 0 bridgehead atoms. The lowest BCUT2D eigenvalue weighted by molar-refractivity contribution is 0.0357. The molecule has 0 aliphatic carbocycles. The summed E-state index contributed by atoms with van der Waals surface area (Å²) >= 11 is 3.34. The number of methoxy groups -OCH3 is 1. The first kappa shape index (κ1) is 30.2. The van der Waals surface area contributed by atoms with E-state index in [1.165, 1.54) is 18.3 Å². The summed E-state index contributed by atoms with van der Waals surface area (Å²) in [6.45, 7) is 4.87. The fourth-order valence-electron chi connectivity index (χ4n) is 4.44. The summed E-state index contributed by atoms with van der Waals surface area (Å²) in [5.41, 5.74) is 4.02. The zero-order chi connectivity index (χ0) is 30.0. The van der Waals surface area contributed by atoms with Crippen molar-refractivity contribution in [3.8, 4) is 23.0 Å². The Balaban J connectivity index is 1.20. The first-order valence-electron chi connectivity index (χ1n) is 13.7. The second-order valence-corrected chi connectivity index (χ2v) is 10.5. The molecule has 2 heterocycles. The maximum absolute atomic E-state index is 15.0. The average Bonchev–Trinajstić information content (AvgIpc) is 3.02. The molecule has 224 valence electrons. The zero-order valence-electron chi connectivity index (χ0n) is 23.5. The van der Waals surface area contributed by atoms with Gasteiger partial charge < -0.3 is 24.3 Å². The van der Waals surface area contributed by atoms with Crippen molar-refractivity contribution < 1.29 is 28.1 Å². The summed E-state index contributed by atoms with van der Waals surface area (Å²) in [6, 6.07) is 16.2. The lowest BCUT2D eigenvalue weighted by atomic mass is 10.1. The highest BCUT2D eigenvalue weighted by Crippen LogP contribution is 2.37. The smallest absolute Gasteiger partial charge is 0.339 e. The van der Waals surface area contributed by atoms with E-state index < -0.39 is 11.8 Å². The highest BCUT2D eigenvalue weighted by Gasteiger charge is 2.15. The number of amides is 2. The molecule has 2 amide bonds. The van der Waals surface area contributed by atoms with Crippen LogP contribution in [-0.4, -0.2) is 68.7 Å². The molecule has 12 heteroatoms. The van der Waals surface area contributed by atoms with Crippen LogP contribution in [-0.2, 0) is 4.74 Å². The van der Waals surface area contributed by atoms with Gasteiger partial charge in [-0.1, -0.05) is 15.9 Å². The first-order valence-corrected chi connectivity index (χ1v) is 14.5. The molecule has 1 aliphatic rings. The van der Waals surface area contributed by atoms with Crippen LogP contribution in [0.5, 0.6) is 23.0 Å². The molecule has 1 aromatic heterocycles. The maximum atomic E-state index is 15.0. The highest BCUT2D eigenvalue weighted by molar-refractivity contribution is 9.10. The van der Waals surface area contributed by atoms with Gasteiger partial charge in [0.1, 0.15) is 5.75 Å². The van der Waals surface area contributed by atoms with E-state index in [0.29, 0.717) is 46.0 Å². The standard InChI is InChI=1S/C31H31BrFN5O5/c1-40-29-18-24-26(19-30(29)42-14-2-11-38-12-15-41-16-13-38)34-10-9-27(24)43-28-8-3-21(17-25(28)33)20-35-37-31(39)36-23-6-4-22(32)5-7-23/h3-10,17-20H,2,11-16H2,1H3,(H2,36,37,39)/b35-20+. The van der Waals surface area contributed by atoms with Gasteiger partial charge in [-0.15, -0.1) is 0 Å². The van der Waals surface area contributed by atoms with Crippen LogP contribution in [0, 0.1) is 5.82 Å². The number of rotatable bonds is 11. The van der Waals surface area contributed by atoms with Crippen molar-refractivity contribution in [3.63, 3.8) is 0 Å². The van der Waals surface area contributed by atoms with E-state index in [1.54, 1.807) is 61.8 Å². The van der Waals surface area contributed by atoms with Gasteiger partial charge in [-0.2, -0.15) is 5.10 Å². The predicted molar refractivity (Wildman–Crippen MR) is 166 cm³/mol. The van der Waals surface area contributed by atoms with Crippen LogP contribution < -0.4 is 25.0 Å². The molecule has 10 nitrogen and oxygen atoms in total. The lowest BCUT2D eigenvalue weighted by Gasteiger charge is -2.26. The molecule has 0 radical (unpaired) electrons. The number of carbonyl (C=O) groups is 1. The monoisotopic (exact) mass is 651 g/mol. The molecule has 1 saturated heterocycles.